The van der Waals surface area contributed by atoms with Crippen LogP contribution in [-0.2, 0) is 4.79 Å². The van der Waals surface area contributed by atoms with Crippen molar-refractivity contribution in [2.24, 2.45) is 5.92 Å². The van der Waals surface area contributed by atoms with E-state index in [0.717, 1.165) is 11.1 Å². The highest BCUT2D eigenvalue weighted by molar-refractivity contribution is 5.92. The molecule has 2 heterocycles. The predicted molar refractivity (Wildman–Crippen MR) is 99.7 cm³/mol. The maximum absolute atomic E-state index is 12.2. The number of nitrogens with one attached hydrogen (secondary N) is 1. The van der Waals surface area contributed by atoms with Crippen molar-refractivity contribution >= 4 is 11.7 Å². The number of rotatable bonds is 3. The van der Waals surface area contributed by atoms with Crippen LogP contribution in [0.3, 0.4) is 0 Å². The highest BCUT2D eigenvalue weighted by atomic mass is 16.2. The summed E-state index contributed by atoms with van der Waals surface area (Å²) < 4.78 is 0. The van der Waals surface area contributed by atoms with Crippen LogP contribution < -0.4 is 5.32 Å². The number of aromatic nitrogens is 1. The number of amides is 1. The van der Waals surface area contributed by atoms with E-state index < -0.39 is 0 Å². The van der Waals surface area contributed by atoms with Crippen molar-refractivity contribution in [3.63, 3.8) is 0 Å². The van der Waals surface area contributed by atoms with E-state index in [1.807, 2.05) is 26.0 Å². The fraction of sp³-hybridized carbons (Fsp3) is 0.350. The maximum atomic E-state index is 12.2. The van der Waals surface area contributed by atoms with Gasteiger partial charge in [-0.25, -0.2) is 4.98 Å². The van der Waals surface area contributed by atoms with Gasteiger partial charge in [0.25, 0.3) is 0 Å². The van der Waals surface area contributed by atoms with E-state index in [-0.39, 0.29) is 11.8 Å². The van der Waals surface area contributed by atoms with Gasteiger partial charge >= 0.3 is 0 Å². The lowest BCUT2D eigenvalue weighted by atomic mass is 10.1. The van der Waals surface area contributed by atoms with E-state index in [1.165, 1.54) is 5.56 Å². The molecule has 1 amide bonds. The number of benzene rings is 1. The number of nitrogens with zero attached hydrogens (tertiary/aromatic N) is 3. The van der Waals surface area contributed by atoms with Crippen LogP contribution >= 0.6 is 0 Å². The summed E-state index contributed by atoms with van der Waals surface area (Å²) in [5.41, 5.74) is 3.33. The van der Waals surface area contributed by atoms with Crippen molar-refractivity contribution in [1.29, 1.82) is 5.26 Å². The lowest BCUT2D eigenvalue weighted by Crippen LogP contribution is -2.25. The minimum atomic E-state index is -0.145. The van der Waals surface area contributed by atoms with E-state index in [1.54, 1.807) is 11.1 Å². The van der Waals surface area contributed by atoms with Gasteiger partial charge in [0, 0.05) is 24.8 Å². The Labute approximate surface area is 149 Å². The number of anilines is 1. The topological polar surface area (TPSA) is 69.0 Å². The van der Waals surface area contributed by atoms with Crippen LogP contribution in [0.25, 0.3) is 11.1 Å². The average Bonchev–Trinajstić information content (AvgIpc) is 3.14. The Balaban J connectivity index is 0.00000109. The molecule has 1 unspecified atom stereocenters. The lowest BCUT2D eigenvalue weighted by Gasteiger charge is -2.10. The van der Waals surface area contributed by atoms with E-state index in [4.69, 9.17) is 5.26 Å². The number of hydrogen-bond donors (Lipinski definition) is 1. The molecule has 1 aliphatic heterocycles. The molecule has 0 aliphatic carbocycles. The lowest BCUT2D eigenvalue weighted by molar-refractivity contribution is -0.119. The van der Waals surface area contributed by atoms with Crippen molar-refractivity contribution in [1.82, 2.24) is 9.88 Å². The van der Waals surface area contributed by atoms with Gasteiger partial charge in [0.1, 0.15) is 5.82 Å². The zero-order chi connectivity index (χ0) is 18.2. The molecular formula is C20H24N4O. The quantitative estimate of drug-likeness (QED) is 0.865. The minimum Gasteiger partial charge on any atom is -0.310 e. The summed E-state index contributed by atoms with van der Waals surface area (Å²) in [6.07, 6.45) is 4.55. The van der Waals surface area contributed by atoms with Gasteiger partial charge in [-0.15, -0.1) is 0 Å². The molecule has 2 aromatic rings. The Morgan fingerprint density at radius 3 is 2.44 bits per heavy atom. The van der Waals surface area contributed by atoms with Crippen molar-refractivity contribution in [2.75, 3.05) is 18.4 Å². The van der Waals surface area contributed by atoms with Crippen LogP contribution in [0.1, 0.15) is 25.8 Å². The van der Waals surface area contributed by atoms with E-state index in [2.05, 4.69) is 47.7 Å². The second kappa shape index (κ2) is 8.84. The molecular weight excluding hydrogens is 312 g/mol. The average molecular weight is 336 g/mol. The predicted octanol–water partition coefficient (Wildman–Crippen LogP) is 3.82. The largest absolute Gasteiger partial charge is 0.310 e. The summed E-state index contributed by atoms with van der Waals surface area (Å²) in [4.78, 5) is 18.1. The van der Waals surface area contributed by atoms with Crippen molar-refractivity contribution in [3.8, 4) is 17.3 Å². The van der Waals surface area contributed by atoms with Crippen LogP contribution in [0.2, 0.25) is 0 Å². The van der Waals surface area contributed by atoms with Gasteiger partial charge in [0.2, 0.25) is 5.91 Å². The normalized spacial score (nSPS) is 15.8. The molecule has 3 rings (SSSR count). The molecule has 130 valence electrons. The SMILES string of the molecule is CC.Cc1ccc(-c2ccc(NC(=O)C3CCN(C#N)C3)nc2)cc1. The third kappa shape index (κ3) is 4.80. The minimum absolute atomic E-state index is 0.0710. The van der Waals surface area contributed by atoms with Crippen LogP contribution in [0.15, 0.2) is 42.6 Å². The van der Waals surface area contributed by atoms with Gasteiger partial charge in [-0.05, 0) is 31.0 Å². The zero-order valence-corrected chi connectivity index (χ0v) is 15.0. The summed E-state index contributed by atoms with van der Waals surface area (Å²) >= 11 is 0. The highest BCUT2D eigenvalue weighted by Crippen LogP contribution is 2.21. The monoisotopic (exact) mass is 336 g/mol. The fourth-order valence-corrected chi connectivity index (χ4v) is 2.68. The summed E-state index contributed by atoms with van der Waals surface area (Å²) in [6.45, 7) is 7.19. The molecule has 25 heavy (non-hydrogen) atoms. The number of hydrogen-bond acceptors (Lipinski definition) is 4. The Hall–Kier alpha value is -2.87. The fourth-order valence-electron chi connectivity index (χ4n) is 2.68. The van der Waals surface area contributed by atoms with Crippen LogP contribution in [0, 0.1) is 24.3 Å². The molecule has 1 aliphatic rings. The van der Waals surface area contributed by atoms with E-state index >= 15 is 0 Å². The number of nitriles is 1. The van der Waals surface area contributed by atoms with Gasteiger partial charge in [-0.3, -0.25) is 4.79 Å². The smallest absolute Gasteiger partial charge is 0.230 e. The first-order valence-corrected chi connectivity index (χ1v) is 8.64. The van der Waals surface area contributed by atoms with Crippen LogP contribution in [0.4, 0.5) is 5.82 Å². The Kier molecular flexibility index (Phi) is 6.53. The van der Waals surface area contributed by atoms with Crippen molar-refractivity contribution in [3.05, 3.63) is 48.2 Å². The molecule has 1 fully saturated rings. The summed E-state index contributed by atoms with van der Waals surface area (Å²) in [5, 5.41) is 11.7. The van der Waals surface area contributed by atoms with Gasteiger partial charge in [0.15, 0.2) is 6.19 Å². The second-order valence-electron chi connectivity index (χ2n) is 5.82. The van der Waals surface area contributed by atoms with Gasteiger partial charge < -0.3 is 10.2 Å². The molecule has 1 atom stereocenters. The zero-order valence-electron chi connectivity index (χ0n) is 15.0. The van der Waals surface area contributed by atoms with Crippen LogP contribution in [0.5, 0.6) is 0 Å². The third-order valence-corrected chi connectivity index (χ3v) is 4.10. The molecule has 5 nitrogen and oxygen atoms in total. The Bertz CT molecular complexity index is 732. The number of carbonyl (C=O) groups is 1. The summed E-state index contributed by atoms with van der Waals surface area (Å²) in [7, 11) is 0. The van der Waals surface area contributed by atoms with Gasteiger partial charge in [-0.1, -0.05) is 43.7 Å². The van der Waals surface area contributed by atoms with E-state index in [0.29, 0.717) is 25.3 Å². The molecule has 1 saturated heterocycles. The maximum Gasteiger partial charge on any atom is 0.230 e. The molecule has 0 bridgehead atoms. The first-order valence-electron chi connectivity index (χ1n) is 8.64. The molecule has 0 radical (unpaired) electrons. The first kappa shape index (κ1) is 18.5. The number of aryl methyl sites for hydroxylation is 1. The number of likely N-dealkylation sites (tertiary alicyclic amines) is 1. The number of pyridine rings is 1. The van der Waals surface area contributed by atoms with Gasteiger partial charge in [-0.2, -0.15) is 5.26 Å². The second-order valence-corrected chi connectivity index (χ2v) is 5.82. The standard InChI is InChI=1S/C18H18N4O.C2H6/c1-13-2-4-14(5-3-13)15-6-7-17(20-10-15)21-18(23)16-8-9-22(11-16)12-19;1-2/h2-7,10,16H,8-9,11H2,1H3,(H,20,21,23);1-2H3. The third-order valence-electron chi connectivity index (χ3n) is 4.10. The molecule has 1 N–H and O–H groups in total. The summed E-state index contributed by atoms with van der Waals surface area (Å²) in [5.74, 6) is 0.327. The molecule has 0 spiro atoms. The van der Waals surface area contributed by atoms with E-state index in [9.17, 15) is 4.79 Å². The highest BCUT2D eigenvalue weighted by Gasteiger charge is 2.27. The van der Waals surface area contributed by atoms with Crippen LogP contribution in [-0.4, -0.2) is 28.9 Å². The van der Waals surface area contributed by atoms with Crippen molar-refractivity contribution in [2.45, 2.75) is 27.2 Å². The molecule has 0 saturated carbocycles. The molecule has 1 aromatic heterocycles. The summed E-state index contributed by atoms with van der Waals surface area (Å²) in [6, 6.07) is 12.0. The van der Waals surface area contributed by atoms with Crippen molar-refractivity contribution < 1.29 is 4.79 Å². The first-order chi connectivity index (χ1) is 12.2. The molecule has 5 heteroatoms. The molecule has 1 aromatic carbocycles. The Morgan fingerprint density at radius 1 is 1.20 bits per heavy atom. The Morgan fingerprint density at radius 2 is 1.88 bits per heavy atom. The van der Waals surface area contributed by atoms with Gasteiger partial charge in [0.05, 0.1) is 5.92 Å². The number of carbonyl (C=O) groups excluding carboxylic acids is 1.